The van der Waals surface area contributed by atoms with Gasteiger partial charge in [-0.25, -0.2) is 9.97 Å². The molecular formula is C34H49N7O. The maximum atomic E-state index is 5.58. The van der Waals surface area contributed by atoms with Gasteiger partial charge in [0.1, 0.15) is 18.0 Å². The van der Waals surface area contributed by atoms with Crippen LogP contribution < -0.4 is 16.0 Å². The van der Waals surface area contributed by atoms with E-state index in [0.29, 0.717) is 0 Å². The molecule has 1 aliphatic carbocycles. The molecule has 1 saturated heterocycles. The van der Waals surface area contributed by atoms with Crippen molar-refractivity contribution >= 4 is 17.3 Å². The molecule has 0 saturated carbocycles. The molecule has 42 heavy (non-hydrogen) atoms. The molecule has 1 aromatic heterocycles. The molecule has 6 bridgehead atoms. The number of ether oxygens (including phenoxy) is 1. The van der Waals surface area contributed by atoms with Crippen molar-refractivity contribution in [3.8, 4) is 0 Å². The molecule has 0 amide bonds. The number of aromatic nitrogens is 2. The third kappa shape index (κ3) is 9.96. The Morgan fingerprint density at radius 3 is 2.64 bits per heavy atom. The average Bonchev–Trinajstić information content (AvgIpc) is 3.01. The third-order valence-corrected chi connectivity index (χ3v) is 8.22. The van der Waals surface area contributed by atoms with E-state index >= 15 is 0 Å². The fourth-order valence-electron chi connectivity index (χ4n) is 5.90. The van der Waals surface area contributed by atoms with Crippen molar-refractivity contribution in [2.75, 3.05) is 63.1 Å². The molecular weight excluding hydrogens is 522 g/mol. The number of nitrogens with zero attached hydrogens (tertiary/aromatic N) is 4. The summed E-state index contributed by atoms with van der Waals surface area (Å²) in [5.74, 6) is 1.62. The third-order valence-electron chi connectivity index (χ3n) is 8.22. The number of rotatable bonds is 4. The first-order chi connectivity index (χ1) is 20.7. The highest BCUT2D eigenvalue weighted by Gasteiger charge is 2.14. The van der Waals surface area contributed by atoms with E-state index in [2.05, 4.69) is 85.1 Å². The average molecular weight is 572 g/mol. The molecule has 1 fully saturated rings. The number of allylic oxidation sites excluding steroid dienone is 5. The van der Waals surface area contributed by atoms with E-state index in [4.69, 9.17) is 4.74 Å². The van der Waals surface area contributed by atoms with Gasteiger partial charge in [-0.2, -0.15) is 0 Å². The van der Waals surface area contributed by atoms with Crippen molar-refractivity contribution in [3.05, 3.63) is 77.4 Å². The van der Waals surface area contributed by atoms with Crippen LogP contribution in [-0.2, 0) is 11.3 Å². The van der Waals surface area contributed by atoms with Crippen molar-refractivity contribution in [1.29, 1.82) is 0 Å². The highest BCUT2D eigenvalue weighted by Crippen LogP contribution is 2.24. The molecule has 8 heteroatoms. The topological polar surface area (TPSA) is 77.6 Å². The number of nitrogens with one attached hydrogen (secondary N) is 3. The first-order valence-corrected chi connectivity index (χ1v) is 16.0. The van der Waals surface area contributed by atoms with Gasteiger partial charge in [0.2, 0.25) is 0 Å². The summed E-state index contributed by atoms with van der Waals surface area (Å²) in [6.07, 6.45) is 17.7. The molecule has 0 radical (unpaired) electrons. The van der Waals surface area contributed by atoms with Crippen LogP contribution in [0.15, 0.2) is 71.9 Å². The highest BCUT2D eigenvalue weighted by molar-refractivity contribution is 5.60. The van der Waals surface area contributed by atoms with E-state index in [1.54, 1.807) is 6.33 Å². The number of benzene rings is 1. The summed E-state index contributed by atoms with van der Waals surface area (Å²) in [6, 6.07) is 10.7. The number of anilines is 3. The van der Waals surface area contributed by atoms with Crippen LogP contribution in [-0.4, -0.2) is 72.3 Å². The summed E-state index contributed by atoms with van der Waals surface area (Å²) in [4.78, 5) is 14.1. The minimum atomic E-state index is 0.795. The Balaban J connectivity index is 1.33. The summed E-state index contributed by atoms with van der Waals surface area (Å²) in [7, 11) is 0. The molecule has 3 N–H and O–H groups in total. The Morgan fingerprint density at radius 2 is 1.76 bits per heavy atom. The van der Waals surface area contributed by atoms with Gasteiger partial charge in [0, 0.05) is 69.0 Å². The van der Waals surface area contributed by atoms with Crippen LogP contribution in [0, 0.1) is 0 Å². The van der Waals surface area contributed by atoms with Crippen molar-refractivity contribution in [3.63, 3.8) is 0 Å². The smallest absolute Gasteiger partial charge is 0.135 e. The fraction of sp³-hybridized carbons (Fsp3) is 0.529. The standard InChI is InChI=1S/C34H49N7O/c1-2-8-30-14-16-41(18-17-40-19-21-42-22-20-40)26-29-11-7-13-32(24-29)39-34-25-33(36-27-37-34)38-31-12-6-10-28(23-31)9-4-3-5-15-35-30/h7-8,10-11,13,23-25,27,35H,2-6,9,12,14-22,26H2,1H3,(H2,36,37,38,39). The molecule has 0 atom stereocenters. The number of fused-ring (bicyclic) bond motifs is 5. The van der Waals surface area contributed by atoms with Gasteiger partial charge in [-0.15, -0.1) is 0 Å². The van der Waals surface area contributed by atoms with Crippen LogP contribution in [0.1, 0.15) is 63.9 Å². The molecule has 226 valence electrons. The lowest BCUT2D eigenvalue weighted by Crippen LogP contribution is -2.41. The van der Waals surface area contributed by atoms with Crippen LogP contribution in [0.3, 0.4) is 0 Å². The first-order valence-electron chi connectivity index (χ1n) is 16.0. The van der Waals surface area contributed by atoms with Gasteiger partial charge in [-0.1, -0.05) is 43.2 Å². The van der Waals surface area contributed by atoms with E-state index in [-0.39, 0.29) is 0 Å². The zero-order valence-electron chi connectivity index (χ0n) is 25.4. The molecule has 0 unspecified atom stereocenters. The predicted molar refractivity (Wildman–Crippen MR) is 173 cm³/mol. The molecule has 1 aromatic carbocycles. The van der Waals surface area contributed by atoms with E-state index < -0.39 is 0 Å². The number of morpholine rings is 1. The van der Waals surface area contributed by atoms with E-state index in [0.717, 1.165) is 108 Å². The van der Waals surface area contributed by atoms with Gasteiger partial charge in [0.25, 0.3) is 0 Å². The number of hydrogen-bond donors (Lipinski definition) is 3. The van der Waals surface area contributed by atoms with Gasteiger partial charge >= 0.3 is 0 Å². The van der Waals surface area contributed by atoms with Gasteiger partial charge in [0.05, 0.1) is 13.2 Å². The highest BCUT2D eigenvalue weighted by atomic mass is 16.5. The minimum Gasteiger partial charge on any atom is -0.389 e. The molecule has 5 rings (SSSR count). The molecule has 2 aromatic rings. The minimum absolute atomic E-state index is 0.795. The second-order valence-corrected chi connectivity index (χ2v) is 11.6. The quantitative estimate of drug-likeness (QED) is 0.399. The van der Waals surface area contributed by atoms with Gasteiger partial charge in [0.15, 0.2) is 0 Å². The van der Waals surface area contributed by atoms with Gasteiger partial charge < -0.3 is 20.7 Å². The second kappa shape index (κ2) is 16.4. The summed E-state index contributed by atoms with van der Waals surface area (Å²) in [5.41, 5.74) is 6.40. The normalized spacial score (nSPS) is 21.0. The maximum absolute atomic E-state index is 5.58. The zero-order chi connectivity index (χ0) is 28.8. The van der Waals surface area contributed by atoms with Crippen LogP contribution in [0.4, 0.5) is 17.3 Å². The van der Waals surface area contributed by atoms with E-state index in [1.165, 1.54) is 41.8 Å². The Kier molecular flexibility index (Phi) is 11.8. The fourth-order valence-corrected chi connectivity index (χ4v) is 5.90. The summed E-state index contributed by atoms with van der Waals surface area (Å²) >= 11 is 0. The number of hydrogen-bond acceptors (Lipinski definition) is 8. The van der Waals surface area contributed by atoms with Crippen molar-refractivity contribution < 1.29 is 4.74 Å². The lowest BCUT2D eigenvalue weighted by molar-refractivity contribution is 0.0330. The van der Waals surface area contributed by atoms with Gasteiger partial charge in [-0.3, -0.25) is 9.80 Å². The molecule has 2 aliphatic heterocycles. The largest absolute Gasteiger partial charge is 0.389 e. The van der Waals surface area contributed by atoms with Crippen molar-refractivity contribution in [2.24, 2.45) is 0 Å². The first kappa shape index (κ1) is 30.3. The monoisotopic (exact) mass is 571 g/mol. The Labute approximate surface area is 252 Å². The van der Waals surface area contributed by atoms with Crippen LogP contribution in [0.2, 0.25) is 0 Å². The molecule has 3 aliphatic rings. The summed E-state index contributed by atoms with van der Waals surface area (Å²) in [5, 5.41) is 10.9. The predicted octanol–water partition coefficient (Wildman–Crippen LogP) is 6.22. The lowest BCUT2D eigenvalue weighted by atomic mass is 9.99. The summed E-state index contributed by atoms with van der Waals surface area (Å²) in [6.45, 7) is 11.1. The maximum Gasteiger partial charge on any atom is 0.135 e. The molecule has 3 heterocycles. The second-order valence-electron chi connectivity index (χ2n) is 11.6. The molecule has 0 spiro atoms. The van der Waals surface area contributed by atoms with Crippen LogP contribution in [0.25, 0.3) is 0 Å². The van der Waals surface area contributed by atoms with Crippen molar-refractivity contribution in [1.82, 2.24) is 25.1 Å². The SMILES string of the molecule is CCC=C1CCN(CCN2CCOCC2)Cc2cccc(c2)Nc2cc(ncn2)NC2=CC(=CCC2)CCCCCN1. The van der Waals surface area contributed by atoms with Crippen molar-refractivity contribution in [2.45, 2.75) is 64.8 Å². The Bertz CT molecular complexity index is 1220. The van der Waals surface area contributed by atoms with Crippen LogP contribution >= 0.6 is 0 Å². The zero-order valence-corrected chi connectivity index (χ0v) is 25.4. The van der Waals surface area contributed by atoms with E-state index in [1.807, 2.05) is 6.07 Å². The van der Waals surface area contributed by atoms with Gasteiger partial charge in [-0.05, 0) is 68.7 Å². The van der Waals surface area contributed by atoms with Crippen LogP contribution in [0.5, 0.6) is 0 Å². The van der Waals surface area contributed by atoms with E-state index in [9.17, 15) is 0 Å². The Hall–Kier alpha value is -3.20. The molecule has 8 nitrogen and oxygen atoms in total. The lowest BCUT2D eigenvalue weighted by Gasteiger charge is -2.30. The Morgan fingerprint density at radius 1 is 0.905 bits per heavy atom. The summed E-state index contributed by atoms with van der Waals surface area (Å²) < 4.78 is 5.58.